The lowest BCUT2D eigenvalue weighted by atomic mass is 10.0. The van der Waals surface area contributed by atoms with Crippen molar-refractivity contribution in [1.82, 2.24) is 20.0 Å². The van der Waals surface area contributed by atoms with Gasteiger partial charge in [0.25, 0.3) is 5.91 Å². The number of halogens is 2. The van der Waals surface area contributed by atoms with Crippen LogP contribution in [0.5, 0.6) is 0 Å². The van der Waals surface area contributed by atoms with Crippen LogP contribution in [0.15, 0.2) is 42.7 Å². The average molecular weight is 426 g/mol. The highest BCUT2D eigenvalue weighted by Gasteiger charge is 2.34. The van der Waals surface area contributed by atoms with Crippen molar-refractivity contribution in [3.8, 4) is 11.3 Å². The minimum Gasteiger partial charge on any atom is -0.354 e. The molecule has 0 atom stereocenters. The molecule has 0 aliphatic carbocycles. The van der Waals surface area contributed by atoms with E-state index in [0.717, 1.165) is 5.56 Å². The lowest BCUT2D eigenvalue weighted by Gasteiger charge is -2.25. The third-order valence-corrected chi connectivity index (χ3v) is 5.45. The number of amides is 1. The zero-order chi connectivity index (χ0) is 22.0. The summed E-state index contributed by atoms with van der Waals surface area (Å²) in [5.41, 5.74) is 2.87. The molecule has 1 aliphatic heterocycles. The molecule has 1 aliphatic rings. The Kier molecular flexibility index (Phi) is 5.67. The Morgan fingerprint density at radius 3 is 2.61 bits per heavy atom. The lowest BCUT2D eigenvalue weighted by Crippen LogP contribution is -2.30. The number of alkyl halides is 2. The first-order chi connectivity index (χ1) is 14.8. The summed E-state index contributed by atoms with van der Waals surface area (Å²) in [4.78, 5) is 15.1. The highest BCUT2D eigenvalue weighted by Crippen LogP contribution is 2.33. The van der Waals surface area contributed by atoms with Crippen molar-refractivity contribution in [3.63, 3.8) is 0 Å². The fraction of sp³-hybridized carbons (Fsp3) is 0.364. The molecule has 9 heteroatoms. The second-order valence-electron chi connectivity index (χ2n) is 7.79. The highest BCUT2D eigenvalue weighted by atomic mass is 19.3. The van der Waals surface area contributed by atoms with E-state index in [2.05, 4.69) is 20.6 Å². The van der Waals surface area contributed by atoms with E-state index >= 15 is 0 Å². The Morgan fingerprint density at radius 1 is 1.13 bits per heavy atom. The molecule has 4 rings (SSSR count). The Balaban J connectivity index is 1.76. The van der Waals surface area contributed by atoms with Gasteiger partial charge in [-0.2, -0.15) is 5.10 Å². The summed E-state index contributed by atoms with van der Waals surface area (Å²) in [6.07, 6.45) is 3.31. The molecule has 0 saturated carbocycles. The van der Waals surface area contributed by atoms with E-state index in [1.807, 2.05) is 18.2 Å². The van der Waals surface area contributed by atoms with Crippen LogP contribution in [-0.2, 0) is 7.05 Å². The normalized spacial score (nSPS) is 16.1. The Labute approximate surface area is 179 Å². The van der Waals surface area contributed by atoms with E-state index in [1.165, 1.54) is 0 Å². The summed E-state index contributed by atoms with van der Waals surface area (Å²) < 4.78 is 29.5. The largest absolute Gasteiger partial charge is 0.354 e. The van der Waals surface area contributed by atoms with Gasteiger partial charge in [0, 0.05) is 50.4 Å². The van der Waals surface area contributed by atoms with E-state index in [9.17, 15) is 13.6 Å². The molecular formula is C22H24F2N6O. The van der Waals surface area contributed by atoms with Gasteiger partial charge in [0.05, 0.1) is 17.5 Å². The number of hydrogen-bond donors (Lipinski definition) is 1. The van der Waals surface area contributed by atoms with Crippen LogP contribution in [0.1, 0.15) is 35.2 Å². The van der Waals surface area contributed by atoms with Crippen molar-refractivity contribution in [2.75, 3.05) is 23.3 Å². The molecule has 1 N–H and O–H groups in total. The van der Waals surface area contributed by atoms with Crippen molar-refractivity contribution < 1.29 is 13.6 Å². The Hall–Kier alpha value is -3.36. The summed E-state index contributed by atoms with van der Waals surface area (Å²) in [7, 11) is 1.79. The van der Waals surface area contributed by atoms with E-state index in [-0.39, 0.29) is 25.3 Å². The molecule has 7 nitrogen and oxygen atoms in total. The number of benzene rings is 1. The number of carbonyl (C=O) groups excluding carboxylic acids is 1. The van der Waals surface area contributed by atoms with Gasteiger partial charge in [-0.3, -0.25) is 9.48 Å². The van der Waals surface area contributed by atoms with Crippen molar-refractivity contribution in [2.45, 2.75) is 32.1 Å². The molecule has 1 fully saturated rings. The zero-order valence-electron chi connectivity index (χ0n) is 17.5. The van der Waals surface area contributed by atoms with Gasteiger partial charge in [0.15, 0.2) is 5.82 Å². The summed E-state index contributed by atoms with van der Waals surface area (Å²) in [5.74, 6) is -2.73. The first-order valence-electron chi connectivity index (χ1n) is 10.2. The van der Waals surface area contributed by atoms with Crippen LogP contribution in [-0.4, -0.2) is 44.9 Å². The van der Waals surface area contributed by atoms with E-state index in [1.54, 1.807) is 48.1 Å². The topological polar surface area (TPSA) is 75.9 Å². The molecule has 31 heavy (non-hydrogen) atoms. The maximum absolute atomic E-state index is 13.9. The van der Waals surface area contributed by atoms with Crippen molar-refractivity contribution in [1.29, 1.82) is 0 Å². The molecule has 3 heterocycles. The molecular weight excluding hydrogens is 402 g/mol. The summed E-state index contributed by atoms with van der Waals surface area (Å²) >= 11 is 0. The molecule has 1 amide bonds. The van der Waals surface area contributed by atoms with Gasteiger partial charge in [-0.15, -0.1) is 10.2 Å². The first kappa shape index (κ1) is 20.9. The number of anilines is 2. The second-order valence-corrected chi connectivity index (χ2v) is 7.79. The van der Waals surface area contributed by atoms with E-state index < -0.39 is 5.92 Å². The van der Waals surface area contributed by atoms with Crippen LogP contribution < -0.4 is 10.2 Å². The quantitative estimate of drug-likeness (QED) is 0.681. The third-order valence-electron chi connectivity index (χ3n) is 5.45. The number of carbonyl (C=O) groups is 1. The predicted octanol–water partition coefficient (Wildman–Crippen LogP) is 4.06. The maximum Gasteiger partial charge on any atom is 0.259 e. The number of para-hydroxylation sites is 1. The van der Waals surface area contributed by atoms with Crippen LogP contribution in [0.25, 0.3) is 11.3 Å². The first-order valence-corrected chi connectivity index (χ1v) is 10.2. The smallest absolute Gasteiger partial charge is 0.259 e. The van der Waals surface area contributed by atoms with Crippen LogP contribution in [0, 0.1) is 6.92 Å². The molecule has 1 saturated heterocycles. The SMILES string of the molecule is Cc1c(-c2cnn(C)c2)nnc(N2CCCC(F)(F)CC2)c1C(=O)Nc1ccccc1. The predicted molar refractivity (Wildman–Crippen MR) is 114 cm³/mol. The summed E-state index contributed by atoms with van der Waals surface area (Å²) in [6, 6.07) is 9.09. The van der Waals surface area contributed by atoms with Crippen molar-refractivity contribution in [3.05, 3.63) is 53.9 Å². The van der Waals surface area contributed by atoms with Gasteiger partial charge < -0.3 is 10.2 Å². The van der Waals surface area contributed by atoms with E-state index in [0.29, 0.717) is 41.3 Å². The van der Waals surface area contributed by atoms with Crippen LogP contribution in [0.4, 0.5) is 20.3 Å². The molecule has 3 aromatic rings. The number of rotatable bonds is 4. The van der Waals surface area contributed by atoms with Gasteiger partial charge in [-0.25, -0.2) is 8.78 Å². The number of aryl methyl sites for hydroxylation is 1. The fourth-order valence-electron chi connectivity index (χ4n) is 3.81. The van der Waals surface area contributed by atoms with Crippen LogP contribution in [0.2, 0.25) is 0 Å². The van der Waals surface area contributed by atoms with Gasteiger partial charge >= 0.3 is 0 Å². The molecule has 162 valence electrons. The van der Waals surface area contributed by atoms with Crippen LogP contribution >= 0.6 is 0 Å². The molecule has 0 spiro atoms. The summed E-state index contributed by atoms with van der Waals surface area (Å²) in [6.45, 7) is 2.30. The molecule has 0 radical (unpaired) electrons. The Bertz CT molecular complexity index is 1080. The Morgan fingerprint density at radius 2 is 1.90 bits per heavy atom. The van der Waals surface area contributed by atoms with Crippen LogP contribution in [0.3, 0.4) is 0 Å². The standard InChI is InChI=1S/C22H24F2N6O/c1-15-18(21(31)26-17-7-4-3-5-8-17)20(30-11-6-9-22(23,24)10-12-30)28-27-19(15)16-13-25-29(2)14-16/h3-5,7-8,13-14H,6,9-12H2,1-2H3,(H,26,31). The zero-order valence-corrected chi connectivity index (χ0v) is 17.5. The molecule has 1 aromatic carbocycles. The summed E-state index contributed by atoms with van der Waals surface area (Å²) in [5, 5.41) is 15.7. The van der Waals surface area contributed by atoms with Crippen molar-refractivity contribution >= 4 is 17.4 Å². The second kappa shape index (κ2) is 8.41. The third kappa shape index (κ3) is 4.55. The minimum atomic E-state index is -2.71. The number of nitrogens with zero attached hydrogens (tertiary/aromatic N) is 5. The number of nitrogens with one attached hydrogen (secondary N) is 1. The molecule has 0 unspecified atom stereocenters. The average Bonchev–Trinajstić information content (AvgIpc) is 3.08. The highest BCUT2D eigenvalue weighted by molar-refractivity contribution is 6.09. The molecule has 0 bridgehead atoms. The van der Waals surface area contributed by atoms with E-state index in [4.69, 9.17) is 0 Å². The van der Waals surface area contributed by atoms with Gasteiger partial charge in [0.1, 0.15) is 0 Å². The minimum absolute atomic E-state index is 0.110. The number of hydrogen-bond acceptors (Lipinski definition) is 5. The van der Waals surface area contributed by atoms with Gasteiger partial charge in [0.2, 0.25) is 5.92 Å². The number of aromatic nitrogens is 4. The monoisotopic (exact) mass is 426 g/mol. The maximum atomic E-state index is 13.9. The van der Waals surface area contributed by atoms with Gasteiger partial charge in [-0.1, -0.05) is 18.2 Å². The molecule has 2 aromatic heterocycles. The van der Waals surface area contributed by atoms with Crippen molar-refractivity contribution in [2.24, 2.45) is 7.05 Å². The van der Waals surface area contributed by atoms with Gasteiger partial charge in [-0.05, 0) is 31.0 Å². The fourth-order valence-corrected chi connectivity index (χ4v) is 3.81. The lowest BCUT2D eigenvalue weighted by molar-refractivity contribution is -0.0102.